The Morgan fingerprint density at radius 2 is 2.14 bits per heavy atom. The Kier molecular flexibility index (Phi) is 5.08. The highest BCUT2D eigenvalue weighted by Gasteiger charge is 2.29. The van der Waals surface area contributed by atoms with E-state index in [0.29, 0.717) is 18.3 Å². The SMILES string of the molecule is CCN(CC(=O)NC(C)C)C(=O)c1cc(Br)cn1C1CC1. The number of hydrogen-bond acceptors (Lipinski definition) is 2. The summed E-state index contributed by atoms with van der Waals surface area (Å²) < 4.78 is 2.93. The molecule has 1 fully saturated rings. The van der Waals surface area contributed by atoms with Crippen LogP contribution < -0.4 is 5.32 Å². The van der Waals surface area contributed by atoms with Gasteiger partial charge in [-0.3, -0.25) is 9.59 Å². The Morgan fingerprint density at radius 3 is 2.67 bits per heavy atom. The fraction of sp³-hybridized carbons (Fsp3) is 0.600. The van der Waals surface area contributed by atoms with Crippen molar-refractivity contribution in [1.29, 1.82) is 0 Å². The number of carbonyl (C=O) groups excluding carboxylic acids is 2. The van der Waals surface area contributed by atoms with E-state index in [0.717, 1.165) is 17.3 Å². The standard InChI is InChI=1S/C15H22BrN3O2/c1-4-18(9-14(20)17-10(2)3)15(21)13-7-11(16)8-19(13)12-5-6-12/h7-8,10,12H,4-6,9H2,1-3H3,(H,17,20). The molecule has 0 aromatic carbocycles. The molecule has 116 valence electrons. The van der Waals surface area contributed by atoms with E-state index in [1.165, 1.54) is 0 Å². The van der Waals surface area contributed by atoms with Gasteiger partial charge in [0.1, 0.15) is 5.69 Å². The van der Waals surface area contributed by atoms with E-state index < -0.39 is 0 Å². The Labute approximate surface area is 133 Å². The highest BCUT2D eigenvalue weighted by Crippen LogP contribution is 2.37. The number of carbonyl (C=O) groups is 2. The van der Waals surface area contributed by atoms with Gasteiger partial charge in [-0.1, -0.05) is 0 Å². The van der Waals surface area contributed by atoms with E-state index in [1.807, 2.05) is 37.6 Å². The van der Waals surface area contributed by atoms with Gasteiger partial charge in [0.2, 0.25) is 5.91 Å². The van der Waals surface area contributed by atoms with Gasteiger partial charge in [0.15, 0.2) is 0 Å². The van der Waals surface area contributed by atoms with Crippen LogP contribution in [0, 0.1) is 0 Å². The van der Waals surface area contributed by atoms with Crippen LogP contribution in [0.4, 0.5) is 0 Å². The number of likely N-dealkylation sites (N-methyl/N-ethyl adjacent to an activating group) is 1. The molecular formula is C15H22BrN3O2. The van der Waals surface area contributed by atoms with E-state index in [2.05, 4.69) is 21.2 Å². The molecule has 5 nitrogen and oxygen atoms in total. The van der Waals surface area contributed by atoms with Gasteiger partial charge >= 0.3 is 0 Å². The van der Waals surface area contributed by atoms with Crippen LogP contribution >= 0.6 is 15.9 Å². The number of hydrogen-bond donors (Lipinski definition) is 1. The molecule has 0 saturated heterocycles. The maximum Gasteiger partial charge on any atom is 0.270 e. The van der Waals surface area contributed by atoms with Gasteiger partial charge in [0.05, 0.1) is 6.54 Å². The highest BCUT2D eigenvalue weighted by atomic mass is 79.9. The van der Waals surface area contributed by atoms with Crippen molar-refractivity contribution in [2.75, 3.05) is 13.1 Å². The second-order valence-corrected chi connectivity index (χ2v) is 6.64. The second kappa shape index (κ2) is 6.64. The van der Waals surface area contributed by atoms with Crippen molar-refractivity contribution in [2.24, 2.45) is 0 Å². The van der Waals surface area contributed by atoms with Gasteiger partial charge in [-0.05, 0) is 55.6 Å². The van der Waals surface area contributed by atoms with E-state index in [1.54, 1.807) is 4.90 Å². The summed E-state index contributed by atoms with van der Waals surface area (Å²) in [5.41, 5.74) is 0.656. The molecule has 1 aromatic rings. The molecule has 2 rings (SSSR count). The van der Waals surface area contributed by atoms with Crippen LogP contribution in [-0.2, 0) is 4.79 Å². The van der Waals surface area contributed by atoms with E-state index >= 15 is 0 Å². The zero-order chi connectivity index (χ0) is 15.6. The normalized spacial score (nSPS) is 14.3. The van der Waals surface area contributed by atoms with Crippen molar-refractivity contribution >= 4 is 27.7 Å². The summed E-state index contributed by atoms with van der Waals surface area (Å²) in [5, 5.41) is 2.82. The van der Waals surface area contributed by atoms with Crippen LogP contribution in [0.1, 0.15) is 50.1 Å². The maximum absolute atomic E-state index is 12.7. The number of nitrogens with zero attached hydrogens (tertiary/aromatic N) is 2. The predicted octanol–water partition coefficient (Wildman–Crippen LogP) is 2.57. The molecule has 1 N–H and O–H groups in total. The molecule has 1 heterocycles. The van der Waals surface area contributed by atoms with Crippen LogP contribution in [0.5, 0.6) is 0 Å². The third-order valence-electron chi connectivity index (χ3n) is 3.43. The van der Waals surface area contributed by atoms with Crippen molar-refractivity contribution in [2.45, 2.75) is 45.7 Å². The smallest absolute Gasteiger partial charge is 0.270 e. The first kappa shape index (κ1) is 16.1. The van der Waals surface area contributed by atoms with Crippen molar-refractivity contribution in [1.82, 2.24) is 14.8 Å². The summed E-state index contributed by atoms with van der Waals surface area (Å²) in [6.07, 6.45) is 4.18. The Balaban J connectivity index is 2.11. The molecule has 0 aliphatic heterocycles. The van der Waals surface area contributed by atoms with Crippen molar-refractivity contribution < 1.29 is 9.59 Å². The number of amides is 2. The summed E-state index contributed by atoms with van der Waals surface area (Å²) in [5.74, 6) is -0.210. The molecule has 2 amide bonds. The average Bonchev–Trinajstić information content (AvgIpc) is 3.17. The van der Waals surface area contributed by atoms with Gasteiger partial charge in [-0.25, -0.2) is 0 Å². The maximum atomic E-state index is 12.7. The van der Waals surface area contributed by atoms with E-state index in [4.69, 9.17) is 0 Å². The summed E-state index contributed by atoms with van der Waals surface area (Å²) in [6.45, 7) is 6.32. The van der Waals surface area contributed by atoms with Gasteiger partial charge in [-0.15, -0.1) is 0 Å². The minimum Gasteiger partial charge on any atom is -0.352 e. The van der Waals surface area contributed by atoms with Crippen molar-refractivity contribution in [3.63, 3.8) is 0 Å². The van der Waals surface area contributed by atoms with Gasteiger partial charge in [-0.2, -0.15) is 0 Å². The van der Waals surface area contributed by atoms with E-state index in [9.17, 15) is 9.59 Å². The molecule has 1 aliphatic rings. The molecule has 0 spiro atoms. The first-order valence-corrected chi connectivity index (χ1v) is 8.17. The lowest BCUT2D eigenvalue weighted by Gasteiger charge is -2.22. The van der Waals surface area contributed by atoms with Crippen LogP contribution in [0.2, 0.25) is 0 Å². The molecule has 6 heteroatoms. The Morgan fingerprint density at radius 1 is 1.48 bits per heavy atom. The zero-order valence-corrected chi connectivity index (χ0v) is 14.3. The number of rotatable bonds is 6. The lowest BCUT2D eigenvalue weighted by Crippen LogP contribution is -2.43. The fourth-order valence-electron chi connectivity index (χ4n) is 2.30. The largest absolute Gasteiger partial charge is 0.352 e. The third-order valence-corrected chi connectivity index (χ3v) is 3.86. The van der Waals surface area contributed by atoms with Crippen molar-refractivity contribution in [3.8, 4) is 0 Å². The molecule has 21 heavy (non-hydrogen) atoms. The van der Waals surface area contributed by atoms with Gasteiger partial charge < -0.3 is 14.8 Å². The first-order chi connectivity index (χ1) is 9.92. The van der Waals surface area contributed by atoms with Crippen molar-refractivity contribution in [3.05, 3.63) is 22.4 Å². The van der Waals surface area contributed by atoms with Gasteiger partial charge in [0, 0.05) is 29.3 Å². The summed E-state index contributed by atoms with van der Waals surface area (Å²) in [6, 6.07) is 2.35. The minimum atomic E-state index is -0.121. The quantitative estimate of drug-likeness (QED) is 0.852. The molecule has 0 atom stereocenters. The fourth-order valence-corrected chi connectivity index (χ4v) is 2.74. The number of nitrogens with one attached hydrogen (secondary N) is 1. The van der Waals surface area contributed by atoms with Crippen LogP contribution in [0.3, 0.4) is 0 Å². The molecule has 1 aromatic heterocycles. The Bertz CT molecular complexity index is 535. The third kappa shape index (κ3) is 4.09. The summed E-state index contributed by atoms with van der Waals surface area (Å²) >= 11 is 3.43. The summed E-state index contributed by atoms with van der Waals surface area (Å²) in [7, 11) is 0. The van der Waals surface area contributed by atoms with Crippen LogP contribution in [0.15, 0.2) is 16.7 Å². The second-order valence-electron chi connectivity index (χ2n) is 5.72. The molecule has 1 aliphatic carbocycles. The molecule has 0 bridgehead atoms. The predicted molar refractivity (Wildman–Crippen MR) is 85.3 cm³/mol. The molecule has 0 unspecified atom stereocenters. The molecule has 1 saturated carbocycles. The topological polar surface area (TPSA) is 54.3 Å². The van der Waals surface area contributed by atoms with Crippen LogP contribution in [-0.4, -0.2) is 40.4 Å². The minimum absolute atomic E-state index is 0.0794. The lowest BCUT2D eigenvalue weighted by molar-refractivity contribution is -0.122. The van der Waals surface area contributed by atoms with E-state index in [-0.39, 0.29) is 24.4 Å². The first-order valence-electron chi connectivity index (χ1n) is 7.38. The Hall–Kier alpha value is -1.30. The lowest BCUT2D eigenvalue weighted by atomic mass is 10.3. The summed E-state index contributed by atoms with van der Waals surface area (Å²) in [4.78, 5) is 26.1. The van der Waals surface area contributed by atoms with Crippen LogP contribution in [0.25, 0.3) is 0 Å². The monoisotopic (exact) mass is 355 g/mol. The van der Waals surface area contributed by atoms with Gasteiger partial charge in [0.25, 0.3) is 5.91 Å². The molecule has 0 radical (unpaired) electrons. The zero-order valence-electron chi connectivity index (χ0n) is 12.7. The molecular weight excluding hydrogens is 334 g/mol. The average molecular weight is 356 g/mol. The number of halogens is 1. The highest BCUT2D eigenvalue weighted by molar-refractivity contribution is 9.10. The number of aromatic nitrogens is 1.